The Morgan fingerprint density at radius 3 is 2.84 bits per heavy atom. The molecule has 0 unspecified atom stereocenters. The van der Waals surface area contributed by atoms with Crippen LogP contribution in [0.2, 0.25) is 0 Å². The van der Waals surface area contributed by atoms with Crippen molar-refractivity contribution in [3.05, 3.63) is 29.6 Å². The monoisotopic (exact) mass is 262 g/mol. The van der Waals surface area contributed by atoms with E-state index in [0.717, 1.165) is 31.6 Å². The van der Waals surface area contributed by atoms with Crippen LogP contribution in [0.15, 0.2) is 23.3 Å². The van der Waals surface area contributed by atoms with Gasteiger partial charge < -0.3 is 11.1 Å². The van der Waals surface area contributed by atoms with E-state index in [4.69, 9.17) is 5.73 Å². The summed E-state index contributed by atoms with van der Waals surface area (Å²) in [7, 11) is 0. The second-order valence-electron chi connectivity index (χ2n) is 4.81. The lowest BCUT2D eigenvalue weighted by Gasteiger charge is -2.05. The Labute approximate surface area is 116 Å². The molecule has 0 saturated carbocycles. The van der Waals surface area contributed by atoms with Crippen molar-refractivity contribution in [1.82, 2.24) is 10.3 Å². The SMILES string of the molecule is CCCCCCN=C(N)NCCc1ccc(C)nc1. The lowest BCUT2D eigenvalue weighted by molar-refractivity contribution is 0.673. The van der Waals surface area contributed by atoms with Gasteiger partial charge in [0.1, 0.15) is 0 Å². The molecule has 0 bridgehead atoms. The molecule has 19 heavy (non-hydrogen) atoms. The number of pyridine rings is 1. The molecular weight excluding hydrogens is 236 g/mol. The van der Waals surface area contributed by atoms with Gasteiger partial charge in [-0.05, 0) is 31.4 Å². The highest BCUT2D eigenvalue weighted by Gasteiger charge is 1.95. The van der Waals surface area contributed by atoms with Gasteiger partial charge in [-0.2, -0.15) is 0 Å². The number of nitrogens with two attached hydrogens (primary N) is 1. The van der Waals surface area contributed by atoms with E-state index in [1.807, 2.05) is 19.2 Å². The van der Waals surface area contributed by atoms with Gasteiger partial charge in [-0.15, -0.1) is 0 Å². The Hall–Kier alpha value is -1.58. The van der Waals surface area contributed by atoms with Gasteiger partial charge in [0.25, 0.3) is 0 Å². The van der Waals surface area contributed by atoms with Gasteiger partial charge >= 0.3 is 0 Å². The third kappa shape index (κ3) is 7.44. The van der Waals surface area contributed by atoms with Gasteiger partial charge in [-0.1, -0.05) is 32.3 Å². The summed E-state index contributed by atoms with van der Waals surface area (Å²) in [5, 5.41) is 3.14. The molecule has 0 aromatic carbocycles. The molecule has 0 aliphatic heterocycles. The van der Waals surface area contributed by atoms with Crippen LogP contribution in [0.5, 0.6) is 0 Å². The molecule has 0 radical (unpaired) electrons. The number of aromatic nitrogens is 1. The number of unbranched alkanes of at least 4 members (excludes halogenated alkanes) is 3. The lowest BCUT2D eigenvalue weighted by Crippen LogP contribution is -2.33. The summed E-state index contributed by atoms with van der Waals surface area (Å²) in [6.45, 7) is 5.82. The van der Waals surface area contributed by atoms with Crippen molar-refractivity contribution in [3.63, 3.8) is 0 Å². The smallest absolute Gasteiger partial charge is 0.188 e. The molecule has 0 fully saturated rings. The maximum atomic E-state index is 5.80. The number of rotatable bonds is 8. The van der Waals surface area contributed by atoms with Gasteiger partial charge in [0.05, 0.1) is 0 Å². The summed E-state index contributed by atoms with van der Waals surface area (Å²) >= 11 is 0. The first-order valence-electron chi connectivity index (χ1n) is 7.17. The van der Waals surface area contributed by atoms with E-state index in [0.29, 0.717) is 5.96 Å². The molecule has 0 saturated heterocycles. The van der Waals surface area contributed by atoms with E-state index >= 15 is 0 Å². The van der Waals surface area contributed by atoms with Crippen LogP contribution in [0.3, 0.4) is 0 Å². The zero-order valence-corrected chi connectivity index (χ0v) is 12.2. The minimum absolute atomic E-state index is 0.552. The summed E-state index contributed by atoms with van der Waals surface area (Å²) in [5.74, 6) is 0.552. The number of guanidine groups is 1. The molecule has 1 aromatic rings. The zero-order chi connectivity index (χ0) is 13.9. The normalized spacial score (nSPS) is 11.6. The van der Waals surface area contributed by atoms with E-state index < -0.39 is 0 Å². The van der Waals surface area contributed by atoms with Gasteiger partial charge in [-0.25, -0.2) is 0 Å². The Kier molecular flexibility index (Phi) is 7.63. The summed E-state index contributed by atoms with van der Waals surface area (Å²) in [5.41, 5.74) is 8.06. The molecule has 0 aliphatic rings. The second kappa shape index (κ2) is 9.36. The molecule has 1 rings (SSSR count). The quantitative estimate of drug-likeness (QED) is 0.429. The Bertz CT molecular complexity index is 370. The average molecular weight is 262 g/mol. The third-order valence-corrected chi connectivity index (χ3v) is 2.99. The van der Waals surface area contributed by atoms with Crippen molar-refractivity contribution in [2.45, 2.75) is 46.0 Å². The Morgan fingerprint density at radius 2 is 2.16 bits per heavy atom. The first-order valence-corrected chi connectivity index (χ1v) is 7.17. The predicted molar refractivity (Wildman–Crippen MR) is 81.3 cm³/mol. The zero-order valence-electron chi connectivity index (χ0n) is 12.2. The maximum Gasteiger partial charge on any atom is 0.188 e. The highest BCUT2D eigenvalue weighted by atomic mass is 15.1. The number of aryl methyl sites for hydroxylation is 1. The molecule has 106 valence electrons. The number of hydrogen-bond acceptors (Lipinski definition) is 2. The lowest BCUT2D eigenvalue weighted by atomic mass is 10.2. The van der Waals surface area contributed by atoms with E-state index in [9.17, 15) is 0 Å². The highest BCUT2D eigenvalue weighted by molar-refractivity contribution is 5.77. The van der Waals surface area contributed by atoms with Crippen LogP contribution in [0, 0.1) is 6.92 Å². The fraction of sp³-hybridized carbons (Fsp3) is 0.600. The Morgan fingerprint density at radius 1 is 1.32 bits per heavy atom. The van der Waals surface area contributed by atoms with Gasteiger partial charge in [0, 0.05) is 25.0 Å². The minimum atomic E-state index is 0.552. The van der Waals surface area contributed by atoms with Gasteiger partial charge in [0.15, 0.2) is 5.96 Å². The highest BCUT2D eigenvalue weighted by Crippen LogP contribution is 2.00. The van der Waals surface area contributed by atoms with Gasteiger partial charge in [0.2, 0.25) is 0 Å². The number of aliphatic imine (C=N–C) groups is 1. The second-order valence-corrected chi connectivity index (χ2v) is 4.81. The Balaban J connectivity index is 2.14. The molecule has 0 atom stereocenters. The molecule has 4 heteroatoms. The predicted octanol–water partition coefficient (Wildman–Crippen LogP) is 2.42. The molecule has 0 amide bonds. The van der Waals surface area contributed by atoms with Gasteiger partial charge in [-0.3, -0.25) is 9.98 Å². The van der Waals surface area contributed by atoms with Crippen molar-refractivity contribution in [3.8, 4) is 0 Å². The van der Waals surface area contributed by atoms with E-state index in [1.165, 1.54) is 24.8 Å². The topological polar surface area (TPSA) is 63.3 Å². The number of nitrogens with one attached hydrogen (secondary N) is 1. The van der Waals surface area contributed by atoms with E-state index in [2.05, 4.69) is 28.3 Å². The van der Waals surface area contributed by atoms with Crippen molar-refractivity contribution in [2.24, 2.45) is 10.7 Å². The molecule has 0 spiro atoms. The first-order chi connectivity index (χ1) is 9.22. The maximum absolute atomic E-state index is 5.80. The largest absolute Gasteiger partial charge is 0.370 e. The summed E-state index contributed by atoms with van der Waals surface area (Å²) in [6.07, 6.45) is 7.72. The standard InChI is InChI=1S/C15H26N4/c1-3-4-5-6-10-17-15(16)18-11-9-14-8-7-13(2)19-12-14/h7-8,12H,3-6,9-11H2,1-2H3,(H3,16,17,18). The number of hydrogen-bond donors (Lipinski definition) is 2. The van der Waals surface area contributed by atoms with Crippen molar-refractivity contribution < 1.29 is 0 Å². The van der Waals surface area contributed by atoms with Crippen molar-refractivity contribution >= 4 is 5.96 Å². The summed E-state index contributed by atoms with van der Waals surface area (Å²) in [4.78, 5) is 8.57. The summed E-state index contributed by atoms with van der Waals surface area (Å²) in [6, 6.07) is 4.13. The van der Waals surface area contributed by atoms with Crippen molar-refractivity contribution in [1.29, 1.82) is 0 Å². The molecule has 1 aromatic heterocycles. The molecule has 3 N–H and O–H groups in total. The van der Waals surface area contributed by atoms with Crippen LogP contribution in [-0.2, 0) is 6.42 Å². The average Bonchev–Trinajstić information content (AvgIpc) is 2.41. The molecule has 1 heterocycles. The number of nitrogens with zero attached hydrogens (tertiary/aromatic N) is 2. The molecule has 0 aliphatic carbocycles. The molecule has 4 nitrogen and oxygen atoms in total. The van der Waals surface area contributed by atoms with Crippen molar-refractivity contribution in [2.75, 3.05) is 13.1 Å². The summed E-state index contributed by atoms with van der Waals surface area (Å²) < 4.78 is 0. The van der Waals surface area contributed by atoms with Crippen LogP contribution in [-0.4, -0.2) is 24.0 Å². The van der Waals surface area contributed by atoms with Crippen LogP contribution >= 0.6 is 0 Å². The van der Waals surface area contributed by atoms with E-state index in [-0.39, 0.29) is 0 Å². The minimum Gasteiger partial charge on any atom is -0.370 e. The first kappa shape index (κ1) is 15.5. The van der Waals surface area contributed by atoms with Crippen LogP contribution in [0.4, 0.5) is 0 Å². The van der Waals surface area contributed by atoms with Crippen LogP contribution in [0.1, 0.15) is 43.9 Å². The van der Waals surface area contributed by atoms with Crippen LogP contribution in [0.25, 0.3) is 0 Å². The molecular formula is C15H26N4. The third-order valence-electron chi connectivity index (χ3n) is 2.99. The van der Waals surface area contributed by atoms with E-state index in [1.54, 1.807) is 0 Å². The van der Waals surface area contributed by atoms with Crippen LogP contribution < -0.4 is 11.1 Å². The fourth-order valence-electron chi connectivity index (χ4n) is 1.78. The fourth-order valence-corrected chi connectivity index (χ4v) is 1.78.